The lowest BCUT2D eigenvalue weighted by Crippen LogP contribution is -2.43. The molecular weight excluding hydrogens is 360 g/mol. The van der Waals surface area contributed by atoms with Crippen LogP contribution < -0.4 is 15.8 Å². The van der Waals surface area contributed by atoms with Gasteiger partial charge in [0.1, 0.15) is 5.75 Å². The van der Waals surface area contributed by atoms with E-state index in [1.807, 2.05) is 0 Å². The molecule has 2 heterocycles. The first-order valence-corrected chi connectivity index (χ1v) is 8.28. The van der Waals surface area contributed by atoms with Gasteiger partial charge in [-0.2, -0.15) is 4.98 Å². The molecule has 0 spiro atoms. The molecule has 8 nitrogen and oxygen atoms in total. The maximum atomic E-state index is 12.3. The summed E-state index contributed by atoms with van der Waals surface area (Å²) in [5.74, 6) is 1.61. The smallest absolute Gasteiger partial charge is 0.264 e. The molecule has 1 aromatic carbocycles. The van der Waals surface area contributed by atoms with E-state index in [0.717, 1.165) is 12.8 Å². The molecule has 2 aromatic rings. The highest BCUT2D eigenvalue weighted by atomic mass is 35.5. The van der Waals surface area contributed by atoms with Crippen LogP contribution in [0.15, 0.2) is 28.8 Å². The molecule has 0 bridgehead atoms. The number of halogens is 1. The molecule has 1 fully saturated rings. The second-order valence-electron chi connectivity index (χ2n) is 6.01. The molecule has 1 aliphatic heterocycles. The Labute approximate surface area is 157 Å². The monoisotopic (exact) mass is 382 g/mol. The summed E-state index contributed by atoms with van der Waals surface area (Å²) in [6.45, 7) is 3.27. The average molecular weight is 383 g/mol. The number of carbonyl (C=O) groups excluding carboxylic acids is 1. The summed E-state index contributed by atoms with van der Waals surface area (Å²) in [6, 6.07) is 6.53. The Kier molecular flexibility index (Phi) is 7.38. The van der Waals surface area contributed by atoms with Crippen molar-refractivity contribution in [3.63, 3.8) is 0 Å². The third kappa shape index (κ3) is 5.42. The van der Waals surface area contributed by atoms with Gasteiger partial charge in [0, 0.05) is 18.9 Å². The van der Waals surface area contributed by atoms with Crippen LogP contribution in [0.3, 0.4) is 0 Å². The van der Waals surface area contributed by atoms with Gasteiger partial charge in [0.25, 0.3) is 5.89 Å². The van der Waals surface area contributed by atoms with Crippen molar-refractivity contribution >= 4 is 24.0 Å². The zero-order valence-corrected chi connectivity index (χ0v) is 15.3. The van der Waals surface area contributed by atoms with Crippen LogP contribution in [0.25, 0.3) is 0 Å². The van der Waals surface area contributed by atoms with Gasteiger partial charge in [-0.3, -0.25) is 4.79 Å². The highest BCUT2D eigenvalue weighted by molar-refractivity contribution is 5.94. The van der Waals surface area contributed by atoms with E-state index < -0.39 is 6.04 Å². The molecule has 1 saturated heterocycles. The molecule has 1 aromatic heterocycles. The molecule has 0 saturated carbocycles. The van der Waals surface area contributed by atoms with E-state index in [2.05, 4.69) is 15.5 Å². The predicted molar refractivity (Wildman–Crippen MR) is 97.2 cm³/mol. The topological polar surface area (TPSA) is 113 Å². The van der Waals surface area contributed by atoms with Crippen molar-refractivity contribution in [2.75, 3.05) is 18.5 Å². The fourth-order valence-electron chi connectivity index (χ4n) is 2.69. The van der Waals surface area contributed by atoms with Gasteiger partial charge in [-0.15, -0.1) is 12.4 Å². The van der Waals surface area contributed by atoms with Crippen molar-refractivity contribution in [1.82, 2.24) is 10.1 Å². The number of amides is 1. The zero-order chi connectivity index (χ0) is 17.6. The highest BCUT2D eigenvalue weighted by Crippen LogP contribution is 2.20. The van der Waals surface area contributed by atoms with E-state index >= 15 is 0 Å². The summed E-state index contributed by atoms with van der Waals surface area (Å²) in [7, 11) is 0. The fraction of sp³-hybridized carbons (Fsp3) is 0.471. The van der Waals surface area contributed by atoms with Gasteiger partial charge >= 0.3 is 0 Å². The Bertz CT molecular complexity index is 701. The summed E-state index contributed by atoms with van der Waals surface area (Å²) in [5.41, 5.74) is 6.74. The minimum absolute atomic E-state index is 0. The summed E-state index contributed by atoms with van der Waals surface area (Å²) in [6.07, 6.45) is 1.63. The van der Waals surface area contributed by atoms with Crippen LogP contribution >= 0.6 is 12.4 Å². The Morgan fingerprint density at radius 1 is 1.35 bits per heavy atom. The first kappa shape index (κ1) is 20.2. The third-order valence-corrected chi connectivity index (χ3v) is 4.13. The number of hydrogen-bond donors (Lipinski definition) is 2. The maximum Gasteiger partial charge on any atom is 0.264 e. The van der Waals surface area contributed by atoms with E-state index in [4.69, 9.17) is 19.7 Å². The molecule has 3 rings (SSSR count). The number of hydrogen-bond acceptors (Lipinski definition) is 7. The molecule has 26 heavy (non-hydrogen) atoms. The van der Waals surface area contributed by atoms with Crippen LogP contribution in [-0.2, 0) is 16.1 Å². The number of aromatic nitrogens is 2. The molecular formula is C17H23ClN4O4. The number of carbonyl (C=O) groups is 1. The number of aryl methyl sites for hydroxylation is 1. The summed E-state index contributed by atoms with van der Waals surface area (Å²) >= 11 is 0. The van der Waals surface area contributed by atoms with Crippen LogP contribution in [0.1, 0.15) is 24.6 Å². The number of ether oxygens (including phenoxy) is 2. The van der Waals surface area contributed by atoms with E-state index in [-0.39, 0.29) is 30.8 Å². The van der Waals surface area contributed by atoms with Crippen molar-refractivity contribution in [3.05, 3.63) is 36.0 Å². The third-order valence-electron chi connectivity index (χ3n) is 4.13. The van der Waals surface area contributed by atoms with E-state index in [1.165, 1.54) is 0 Å². The Morgan fingerprint density at radius 2 is 2.04 bits per heavy atom. The normalized spacial score (nSPS) is 15.8. The molecule has 1 unspecified atom stereocenters. The summed E-state index contributed by atoms with van der Waals surface area (Å²) < 4.78 is 15.8. The molecule has 142 valence electrons. The van der Waals surface area contributed by atoms with E-state index in [9.17, 15) is 4.79 Å². The number of rotatable bonds is 6. The summed E-state index contributed by atoms with van der Waals surface area (Å²) in [4.78, 5) is 16.3. The van der Waals surface area contributed by atoms with Gasteiger partial charge in [-0.05, 0) is 49.9 Å². The van der Waals surface area contributed by atoms with Crippen molar-refractivity contribution < 1.29 is 18.8 Å². The fourth-order valence-corrected chi connectivity index (χ4v) is 2.69. The molecule has 9 heteroatoms. The quantitative estimate of drug-likeness (QED) is 0.786. The van der Waals surface area contributed by atoms with Gasteiger partial charge < -0.3 is 25.0 Å². The van der Waals surface area contributed by atoms with Gasteiger partial charge in [0.2, 0.25) is 5.91 Å². The van der Waals surface area contributed by atoms with E-state index in [1.54, 1.807) is 31.2 Å². The maximum absolute atomic E-state index is 12.3. The summed E-state index contributed by atoms with van der Waals surface area (Å²) in [5, 5.41) is 6.54. The van der Waals surface area contributed by atoms with Crippen LogP contribution in [0.2, 0.25) is 0 Å². The second kappa shape index (κ2) is 9.51. The lowest BCUT2D eigenvalue weighted by atomic mass is 9.92. The van der Waals surface area contributed by atoms with E-state index in [0.29, 0.717) is 36.4 Å². The number of anilines is 1. The minimum atomic E-state index is -0.527. The molecule has 1 atom stereocenters. The van der Waals surface area contributed by atoms with Gasteiger partial charge in [-0.25, -0.2) is 0 Å². The Hall–Kier alpha value is -2.16. The van der Waals surface area contributed by atoms with Crippen LogP contribution in [-0.4, -0.2) is 35.3 Å². The van der Waals surface area contributed by atoms with Crippen LogP contribution in [0.5, 0.6) is 5.75 Å². The number of nitrogens with two attached hydrogens (primary N) is 1. The van der Waals surface area contributed by atoms with Gasteiger partial charge in [-0.1, -0.05) is 5.16 Å². The van der Waals surface area contributed by atoms with Crippen molar-refractivity contribution in [1.29, 1.82) is 0 Å². The molecule has 0 aliphatic carbocycles. The molecule has 1 amide bonds. The first-order valence-electron chi connectivity index (χ1n) is 8.28. The zero-order valence-electron chi connectivity index (χ0n) is 14.5. The predicted octanol–water partition coefficient (Wildman–Crippen LogP) is 2.07. The van der Waals surface area contributed by atoms with Crippen molar-refractivity contribution in [3.8, 4) is 5.75 Å². The highest BCUT2D eigenvalue weighted by Gasteiger charge is 2.26. The minimum Gasteiger partial charge on any atom is -0.484 e. The van der Waals surface area contributed by atoms with Crippen LogP contribution in [0.4, 0.5) is 5.69 Å². The molecule has 0 radical (unpaired) electrons. The molecule has 3 N–H and O–H groups in total. The molecule has 1 aliphatic rings. The Balaban J connectivity index is 0.00000243. The second-order valence-corrected chi connectivity index (χ2v) is 6.01. The van der Waals surface area contributed by atoms with Gasteiger partial charge in [0.05, 0.1) is 6.04 Å². The Morgan fingerprint density at radius 3 is 2.65 bits per heavy atom. The number of nitrogens with one attached hydrogen (secondary N) is 1. The number of benzene rings is 1. The SMILES string of the molecule is Cc1noc(COc2ccc(NC(=O)C(N)C3CCOCC3)cc2)n1.Cl. The number of nitrogens with zero attached hydrogens (tertiary/aromatic N) is 2. The lowest BCUT2D eigenvalue weighted by Gasteiger charge is -2.26. The standard InChI is InChI=1S/C17H22N4O4.ClH/c1-11-19-15(25-21-11)10-24-14-4-2-13(3-5-14)20-17(22)16(18)12-6-8-23-9-7-12;/h2-5,12,16H,6-10,18H2,1H3,(H,20,22);1H. The van der Waals surface area contributed by atoms with Gasteiger partial charge in [0.15, 0.2) is 12.4 Å². The lowest BCUT2D eigenvalue weighted by molar-refractivity contribution is -0.119. The van der Waals surface area contributed by atoms with Crippen LogP contribution in [0, 0.1) is 12.8 Å². The van der Waals surface area contributed by atoms with Crippen molar-refractivity contribution in [2.24, 2.45) is 11.7 Å². The van der Waals surface area contributed by atoms with Crippen molar-refractivity contribution in [2.45, 2.75) is 32.4 Å². The largest absolute Gasteiger partial charge is 0.484 e. The average Bonchev–Trinajstić information content (AvgIpc) is 3.06. The first-order chi connectivity index (χ1) is 12.1.